The highest BCUT2D eigenvalue weighted by Crippen LogP contribution is 2.22. The van der Waals surface area contributed by atoms with E-state index in [2.05, 4.69) is 34.2 Å². The molecule has 59 heavy (non-hydrogen) atoms. The number of carbonyl (C=O) groups is 6. The Bertz CT molecular complexity index is 1650. The van der Waals surface area contributed by atoms with Gasteiger partial charge in [-0.3, -0.25) is 34.1 Å². The Morgan fingerprint density at radius 1 is 0.797 bits per heavy atom. The molecule has 0 bridgehead atoms. The van der Waals surface area contributed by atoms with Crippen molar-refractivity contribution in [2.24, 2.45) is 10.9 Å². The first kappa shape index (κ1) is 49.0. The van der Waals surface area contributed by atoms with E-state index in [4.69, 9.17) is 9.47 Å². The minimum absolute atomic E-state index is 0.0239. The van der Waals surface area contributed by atoms with Crippen LogP contribution in [0.15, 0.2) is 35.3 Å². The maximum atomic E-state index is 13.7. The Hall–Kier alpha value is -4.38. The molecule has 0 radical (unpaired) electrons. The molecule has 0 spiro atoms. The first-order valence-electron chi connectivity index (χ1n) is 21.4. The lowest BCUT2D eigenvalue weighted by molar-refractivity contribution is -0.145. The molecule has 16 nitrogen and oxygen atoms in total. The maximum absolute atomic E-state index is 13.7. The van der Waals surface area contributed by atoms with Crippen LogP contribution in [0, 0.1) is 5.92 Å². The Labute approximate surface area is 350 Å². The molecule has 2 atom stereocenters. The SMILES string of the molecule is CCCCCC(=O)OCCCC(=O)/N=C(/NC(=O)CCCOC(=O)CCCCC)N1CCC(CNC(=O)[C@@H]2CCCN2C(=O)[C@@H](Cc2ccccc2)NS(C)(=O)=O)CC1. The number of piperidine rings is 1. The standard InChI is InChI=1S/C42H66N6O10S/c1-4-6-9-21-38(51)57-28-14-19-36(49)44-42(45-37(50)20-15-29-58-39(52)22-10-7-5-2)47-26-23-33(24-27-47)31-43-40(53)35-18-13-25-48(35)41(54)34(46-59(3,55)56)30-32-16-11-8-12-17-32/h8,11-12,16-17,33-35,46H,4-7,9-10,13-15,18-31H2,1-3H3,(H,43,53)(H,44,45,49,50)/t34-,35+/m1/s1. The number of esters is 2. The lowest BCUT2D eigenvalue weighted by Crippen LogP contribution is -2.54. The molecule has 17 heteroatoms. The molecular weight excluding hydrogens is 781 g/mol. The first-order valence-corrected chi connectivity index (χ1v) is 23.3. The van der Waals surface area contributed by atoms with Crippen LogP contribution in [0.3, 0.4) is 0 Å². The maximum Gasteiger partial charge on any atom is 0.305 e. The van der Waals surface area contributed by atoms with E-state index in [1.165, 1.54) is 4.90 Å². The molecule has 2 fully saturated rings. The third-order valence-electron chi connectivity index (χ3n) is 10.3. The molecular formula is C42H66N6O10S. The van der Waals surface area contributed by atoms with Crippen LogP contribution in [0.2, 0.25) is 0 Å². The quantitative estimate of drug-likeness (QED) is 0.0590. The van der Waals surface area contributed by atoms with Crippen LogP contribution in [-0.2, 0) is 54.7 Å². The van der Waals surface area contributed by atoms with Crippen LogP contribution in [0.4, 0.5) is 0 Å². The van der Waals surface area contributed by atoms with Crippen LogP contribution in [-0.4, -0.2) is 117 Å². The summed E-state index contributed by atoms with van der Waals surface area (Å²) in [7, 11) is -3.71. The van der Waals surface area contributed by atoms with Crippen molar-refractivity contribution in [1.29, 1.82) is 0 Å². The van der Waals surface area contributed by atoms with Crippen LogP contribution in [0.5, 0.6) is 0 Å². The fourth-order valence-electron chi connectivity index (χ4n) is 7.05. The summed E-state index contributed by atoms with van der Waals surface area (Å²) in [4.78, 5) is 84.5. The third kappa shape index (κ3) is 19.5. The smallest absolute Gasteiger partial charge is 0.305 e. The number of benzene rings is 1. The fraction of sp³-hybridized carbons (Fsp3) is 0.690. The van der Waals surface area contributed by atoms with Gasteiger partial charge in [0.2, 0.25) is 39.6 Å². The van der Waals surface area contributed by atoms with E-state index < -0.39 is 33.9 Å². The number of rotatable bonds is 24. The van der Waals surface area contributed by atoms with Crippen molar-refractivity contribution in [2.45, 2.75) is 135 Å². The van der Waals surface area contributed by atoms with Gasteiger partial charge < -0.3 is 24.6 Å². The van der Waals surface area contributed by atoms with Gasteiger partial charge in [0.25, 0.3) is 0 Å². The van der Waals surface area contributed by atoms with E-state index in [0.29, 0.717) is 77.5 Å². The normalized spacial score (nSPS) is 16.7. The van der Waals surface area contributed by atoms with E-state index in [1.54, 1.807) is 0 Å². The second-order valence-corrected chi connectivity index (χ2v) is 17.2. The third-order valence-corrected chi connectivity index (χ3v) is 11.0. The molecule has 2 aliphatic heterocycles. The fourth-order valence-corrected chi connectivity index (χ4v) is 7.75. The van der Waals surface area contributed by atoms with Crippen LogP contribution in [0.1, 0.15) is 122 Å². The van der Waals surface area contributed by atoms with Crippen molar-refractivity contribution in [3.63, 3.8) is 0 Å². The van der Waals surface area contributed by atoms with Crippen LogP contribution < -0.4 is 15.4 Å². The summed E-state index contributed by atoms with van der Waals surface area (Å²) in [6.07, 6.45) is 10.2. The van der Waals surface area contributed by atoms with Gasteiger partial charge in [0, 0.05) is 51.9 Å². The highest BCUT2D eigenvalue weighted by molar-refractivity contribution is 7.88. The van der Waals surface area contributed by atoms with Gasteiger partial charge in [-0.2, -0.15) is 4.99 Å². The Balaban J connectivity index is 1.55. The molecule has 4 amide bonds. The lowest BCUT2D eigenvalue weighted by atomic mass is 9.96. The van der Waals surface area contributed by atoms with Gasteiger partial charge >= 0.3 is 11.9 Å². The van der Waals surface area contributed by atoms with Gasteiger partial charge in [0.05, 0.1) is 19.5 Å². The highest BCUT2D eigenvalue weighted by Gasteiger charge is 2.38. The zero-order valence-electron chi connectivity index (χ0n) is 35.2. The van der Waals surface area contributed by atoms with Gasteiger partial charge in [0.15, 0.2) is 0 Å². The summed E-state index contributed by atoms with van der Waals surface area (Å²) >= 11 is 0. The first-order chi connectivity index (χ1) is 28.3. The predicted octanol–water partition coefficient (Wildman–Crippen LogP) is 3.77. The molecule has 2 aliphatic rings. The molecule has 3 N–H and O–H groups in total. The average Bonchev–Trinajstić information content (AvgIpc) is 3.70. The van der Waals surface area contributed by atoms with Crippen LogP contribution >= 0.6 is 0 Å². The minimum Gasteiger partial charge on any atom is -0.466 e. The summed E-state index contributed by atoms with van der Waals surface area (Å²) in [5, 5.41) is 5.79. The van der Waals surface area contributed by atoms with Crippen molar-refractivity contribution in [3.8, 4) is 0 Å². The van der Waals surface area contributed by atoms with Crippen molar-refractivity contribution in [2.75, 3.05) is 45.6 Å². The Kier molecular flexibility index (Phi) is 22.1. The van der Waals surface area contributed by atoms with Gasteiger partial charge in [-0.1, -0.05) is 69.9 Å². The summed E-state index contributed by atoms with van der Waals surface area (Å²) in [5.74, 6) is -1.96. The Morgan fingerprint density at radius 2 is 1.41 bits per heavy atom. The van der Waals surface area contributed by atoms with E-state index in [-0.39, 0.29) is 68.1 Å². The van der Waals surface area contributed by atoms with E-state index in [9.17, 15) is 37.2 Å². The number of likely N-dealkylation sites (tertiary alicyclic amines) is 2. The molecule has 1 aromatic carbocycles. The van der Waals surface area contributed by atoms with Crippen molar-refractivity contribution >= 4 is 51.6 Å². The molecule has 2 saturated heterocycles. The number of aliphatic imine (C=N–C) groups is 1. The van der Waals surface area contributed by atoms with Gasteiger partial charge in [0.1, 0.15) is 12.1 Å². The molecule has 3 rings (SSSR count). The van der Waals surface area contributed by atoms with Gasteiger partial charge in [-0.05, 0) is 69.3 Å². The number of ether oxygens (including phenoxy) is 2. The van der Waals surface area contributed by atoms with Crippen LogP contribution in [0.25, 0.3) is 0 Å². The molecule has 330 valence electrons. The topological polar surface area (TPSA) is 210 Å². The number of sulfonamides is 1. The van der Waals surface area contributed by atoms with E-state index >= 15 is 0 Å². The number of amides is 4. The summed E-state index contributed by atoms with van der Waals surface area (Å²) < 4.78 is 37.3. The van der Waals surface area contributed by atoms with Gasteiger partial charge in [-0.25, -0.2) is 13.1 Å². The number of nitrogens with one attached hydrogen (secondary N) is 3. The number of guanidine groups is 1. The minimum atomic E-state index is -3.71. The molecule has 0 aromatic heterocycles. The van der Waals surface area contributed by atoms with Crippen molar-refractivity contribution in [3.05, 3.63) is 35.9 Å². The zero-order valence-corrected chi connectivity index (χ0v) is 36.0. The highest BCUT2D eigenvalue weighted by atomic mass is 32.2. The number of hydrogen-bond acceptors (Lipinski definition) is 10. The van der Waals surface area contributed by atoms with Crippen molar-refractivity contribution < 1.29 is 46.7 Å². The number of unbranched alkanes of at least 4 members (excludes halogenated alkanes) is 4. The summed E-state index contributed by atoms with van der Waals surface area (Å²) in [6, 6.07) is 7.33. The zero-order chi connectivity index (χ0) is 43.0. The average molecular weight is 847 g/mol. The predicted molar refractivity (Wildman–Crippen MR) is 223 cm³/mol. The summed E-state index contributed by atoms with van der Waals surface area (Å²) in [6.45, 7) is 5.90. The lowest BCUT2D eigenvalue weighted by Gasteiger charge is -2.34. The van der Waals surface area contributed by atoms with Gasteiger partial charge in [-0.15, -0.1) is 0 Å². The van der Waals surface area contributed by atoms with E-state index in [1.807, 2.05) is 35.2 Å². The molecule has 0 aliphatic carbocycles. The van der Waals surface area contributed by atoms with Crippen molar-refractivity contribution in [1.82, 2.24) is 25.2 Å². The molecule has 1 aromatic rings. The number of carbonyl (C=O) groups excluding carboxylic acids is 6. The van der Waals surface area contributed by atoms with E-state index in [0.717, 1.165) is 50.3 Å². The number of hydrogen-bond donors (Lipinski definition) is 3. The second-order valence-electron chi connectivity index (χ2n) is 15.4. The molecule has 2 heterocycles. The Morgan fingerprint density at radius 3 is 2.00 bits per heavy atom. The molecule has 0 saturated carbocycles. The monoisotopic (exact) mass is 846 g/mol. The largest absolute Gasteiger partial charge is 0.466 e. The molecule has 0 unspecified atom stereocenters. The summed E-state index contributed by atoms with van der Waals surface area (Å²) in [5.41, 5.74) is 0.789. The second kappa shape index (κ2) is 26.7. The number of nitrogens with zero attached hydrogens (tertiary/aromatic N) is 3.